The van der Waals surface area contributed by atoms with Gasteiger partial charge < -0.3 is 5.32 Å². The predicted molar refractivity (Wildman–Crippen MR) is 112 cm³/mol. The van der Waals surface area contributed by atoms with Gasteiger partial charge in [0.2, 0.25) is 0 Å². The average molecular weight is 400 g/mol. The summed E-state index contributed by atoms with van der Waals surface area (Å²) in [7, 11) is 0. The van der Waals surface area contributed by atoms with Crippen LogP contribution in [0.1, 0.15) is 55.2 Å². The van der Waals surface area contributed by atoms with Gasteiger partial charge in [-0.25, -0.2) is 4.98 Å². The molecule has 2 aliphatic rings. The molecular weight excluding hydrogens is 374 g/mol. The van der Waals surface area contributed by atoms with Crippen molar-refractivity contribution in [3.8, 4) is 0 Å². The number of amides is 1. The Bertz CT molecular complexity index is 986. The Morgan fingerprint density at radius 1 is 1.21 bits per heavy atom. The van der Waals surface area contributed by atoms with Crippen LogP contribution in [0.3, 0.4) is 0 Å². The number of aromatic nitrogens is 2. The number of carbonyl (C=O) groups is 1. The maximum Gasteiger partial charge on any atom is 0.269 e. The number of aryl methyl sites for hydroxylation is 1. The Balaban J connectivity index is 1.42. The largest absolute Gasteiger partial charge is 0.358 e. The zero-order valence-corrected chi connectivity index (χ0v) is 16.8. The van der Waals surface area contributed by atoms with E-state index in [0.717, 1.165) is 25.1 Å². The minimum absolute atomic E-state index is 0.0328. The number of hydrazine groups is 1. The zero-order chi connectivity index (χ0) is 19.7. The van der Waals surface area contributed by atoms with E-state index in [-0.39, 0.29) is 11.5 Å². The predicted octanol–water partition coefficient (Wildman–Crippen LogP) is 2.03. The number of carbonyl (C=O) groups excluding carboxylic acids is 1. The van der Waals surface area contributed by atoms with Crippen molar-refractivity contribution in [3.05, 3.63) is 39.9 Å². The fraction of sp³-hybridized carbons (Fsp3) is 0.500. The summed E-state index contributed by atoms with van der Waals surface area (Å²) in [5.41, 5.74) is 6.37. The van der Waals surface area contributed by atoms with Crippen LogP contribution in [0.15, 0.2) is 23.0 Å². The second-order valence-corrected chi connectivity index (χ2v) is 8.15. The first kappa shape index (κ1) is 18.9. The Kier molecular flexibility index (Phi) is 5.30. The minimum atomic E-state index is -0.315. The van der Waals surface area contributed by atoms with Crippen molar-refractivity contribution in [2.45, 2.75) is 58.0 Å². The standard InChI is InChI=1S/C20H25N5O2S/c1-12-5-2-3-6-15(12)22-20(28)24-23-18(26)13-8-9-14-16(11-13)21-17-7-4-10-25(17)19(14)27/h8-9,11-12,15H,2-7,10H2,1H3,(H,23,26)(H2,22,24,28)/t12-,15-/m1/s1. The molecule has 0 bridgehead atoms. The summed E-state index contributed by atoms with van der Waals surface area (Å²) in [5.74, 6) is 1.04. The lowest BCUT2D eigenvalue weighted by Crippen LogP contribution is -2.51. The van der Waals surface area contributed by atoms with Crippen molar-refractivity contribution in [2.75, 3.05) is 0 Å². The molecule has 7 nitrogen and oxygen atoms in total. The van der Waals surface area contributed by atoms with Gasteiger partial charge in [-0.1, -0.05) is 19.8 Å². The van der Waals surface area contributed by atoms with Crippen LogP contribution in [0.4, 0.5) is 0 Å². The van der Waals surface area contributed by atoms with Crippen molar-refractivity contribution in [1.82, 2.24) is 25.7 Å². The Morgan fingerprint density at radius 2 is 2.04 bits per heavy atom. The van der Waals surface area contributed by atoms with Crippen LogP contribution in [0.25, 0.3) is 10.9 Å². The molecule has 0 unspecified atom stereocenters. The maximum atomic E-state index is 12.5. The fourth-order valence-corrected chi connectivity index (χ4v) is 4.35. The molecule has 8 heteroatoms. The molecule has 1 amide bonds. The molecule has 2 atom stereocenters. The number of rotatable bonds is 2. The van der Waals surface area contributed by atoms with E-state index in [1.165, 1.54) is 19.3 Å². The van der Waals surface area contributed by atoms with Gasteiger partial charge in [-0.2, -0.15) is 0 Å². The van der Waals surface area contributed by atoms with Crippen molar-refractivity contribution in [3.63, 3.8) is 0 Å². The molecular formula is C20H25N5O2S. The second kappa shape index (κ2) is 7.87. The molecule has 1 aromatic carbocycles. The van der Waals surface area contributed by atoms with Crippen LogP contribution < -0.4 is 21.7 Å². The monoisotopic (exact) mass is 399 g/mol. The summed E-state index contributed by atoms with van der Waals surface area (Å²) in [4.78, 5) is 29.6. The van der Waals surface area contributed by atoms with E-state index in [0.29, 0.717) is 40.1 Å². The highest BCUT2D eigenvalue weighted by molar-refractivity contribution is 7.80. The molecule has 1 aliphatic carbocycles. The number of hydrogen-bond acceptors (Lipinski definition) is 4. The van der Waals surface area contributed by atoms with Gasteiger partial charge in [-0.15, -0.1) is 0 Å². The Hall–Kier alpha value is -2.48. The molecule has 1 aliphatic heterocycles. The van der Waals surface area contributed by atoms with Gasteiger partial charge >= 0.3 is 0 Å². The average Bonchev–Trinajstić information content (AvgIpc) is 3.16. The quantitative estimate of drug-likeness (QED) is 0.529. The second-order valence-electron chi connectivity index (χ2n) is 7.74. The molecule has 1 saturated carbocycles. The number of benzene rings is 1. The normalized spacial score (nSPS) is 21.2. The maximum absolute atomic E-state index is 12.5. The molecule has 28 heavy (non-hydrogen) atoms. The molecule has 148 valence electrons. The van der Waals surface area contributed by atoms with Gasteiger partial charge in [0.05, 0.1) is 10.9 Å². The molecule has 2 heterocycles. The molecule has 1 fully saturated rings. The van der Waals surface area contributed by atoms with E-state index >= 15 is 0 Å². The van der Waals surface area contributed by atoms with Crippen LogP contribution in [-0.4, -0.2) is 26.6 Å². The number of thiocarbonyl (C=S) groups is 1. The first-order valence-corrected chi connectivity index (χ1v) is 10.3. The van der Waals surface area contributed by atoms with E-state index < -0.39 is 0 Å². The van der Waals surface area contributed by atoms with Gasteiger partial charge in [0.1, 0.15) is 5.82 Å². The van der Waals surface area contributed by atoms with Crippen molar-refractivity contribution < 1.29 is 4.79 Å². The fourth-order valence-electron chi connectivity index (χ4n) is 4.15. The molecule has 0 saturated heterocycles. The summed E-state index contributed by atoms with van der Waals surface area (Å²) in [6.45, 7) is 2.94. The highest BCUT2D eigenvalue weighted by Crippen LogP contribution is 2.23. The van der Waals surface area contributed by atoms with Crippen LogP contribution in [0, 0.1) is 5.92 Å². The van der Waals surface area contributed by atoms with Gasteiger partial charge in [-0.05, 0) is 55.6 Å². The third kappa shape index (κ3) is 3.73. The van der Waals surface area contributed by atoms with E-state index in [1.54, 1.807) is 22.8 Å². The number of nitrogens with zero attached hydrogens (tertiary/aromatic N) is 2. The van der Waals surface area contributed by atoms with Gasteiger partial charge in [0, 0.05) is 24.6 Å². The first-order chi connectivity index (χ1) is 13.5. The summed E-state index contributed by atoms with van der Waals surface area (Å²) in [6, 6.07) is 5.31. The first-order valence-electron chi connectivity index (χ1n) is 9.93. The number of hydrogen-bond donors (Lipinski definition) is 3. The SMILES string of the molecule is C[C@@H]1CCCC[C@H]1NC(=S)NNC(=O)c1ccc2c(=O)n3c(nc2c1)CCC3. The third-order valence-electron chi connectivity index (χ3n) is 5.80. The molecule has 1 aromatic heterocycles. The van der Waals surface area contributed by atoms with Crippen molar-refractivity contribution in [2.24, 2.45) is 5.92 Å². The minimum Gasteiger partial charge on any atom is -0.358 e. The molecule has 3 N–H and O–H groups in total. The van der Waals surface area contributed by atoms with E-state index in [1.807, 2.05) is 0 Å². The molecule has 0 spiro atoms. The lowest BCUT2D eigenvalue weighted by Gasteiger charge is -2.30. The summed E-state index contributed by atoms with van der Waals surface area (Å²) >= 11 is 5.31. The van der Waals surface area contributed by atoms with Crippen LogP contribution in [0.2, 0.25) is 0 Å². The van der Waals surface area contributed by atoms with Gasteiger partial charge in [-0.3, -0.25) is 25.0 Å². The summed E-state index contributed by atoms with van der Waals surface area (Å²) in [5, 5.41) is 4.25. The van der Waals surface area contributed by atoms with E-state index in [9.17, 15) is 9.59 Å². The third-order valence-corrected chi connectivity index (χ3v) is 6.02. The van der Waals surface area contributed by atoms with E-state index in [2.05, 4.69) is 28.1 Å². The van der Waals surface area contributed by atoms with Crippen LogP contribution in [-0.2, 0) is 13.0 Å². The van der Waals surface area contributed by atoms with Crippen molar-refractivity contribution >= 4 is 34.1 Å². The summed E-state index contributed by atoms with van der Waals surface area (Å²) < 4.78 is 1.72. The zero-order valence-electron chi connectivity index (χ0n) is 16.0. The van der Waals surface area contributed by atoms with Crippen LogP contribution >= 0.6 is 12.2 Å². The number of nitrogens with one attached hydrogen (secondary N) is 3. The smallest absolute Gasteiger partial charge is 0.269 e. The number of fused-ring (bicyclic) bond motifs is 2. The van der Waals surface area contributed by atoms with Crippen LogP contribution in [0.5, 0.6) is 0 Å². The topological polar surface area (TPSA) is 88.0 Å². The Labute approximate surface area is 168 Å². The molecule has 2 aromatic rings. The lowest BCUT2D eigenvalue weighted by atomic mass is 9.86. The van der Waals surface area contributed by atoms with Gasteiger partial charge in [0.15, 0.2) is 5.11 Å². The van der Waals surface area contributed by atoms with Crippen molar-refractivity contribution in [1.29, 1.82) is 0 Å². The highest BCUT2D eigenvalue weighted by Gasteiger charge is 2.22. The van der Waals surface area contributed by atoms with E-state index in [4.69, 9.17) is 12.2 Å². The Morgan fingerprint density at radius 3 is 2.86 bits per heavy atom. The lowest BCUT2D eigenvalue weighted by molar-refractivity contribution is 0.0943. The summed E-state index contributed by atoms with van der Waals surface area (Å²) in [6.07, 6.45) is 6.47. The molecule has 4 rings (SSSR count). The van der Waals surface area contributed by atoms with Gasteiger partial charge in [0.25, 0.3) is 11.5 Å². The molecule has 0 radical (unpaired) electrons. The highest BCUT2D eigenvalue weighted by atomic mass is 32.1.